The Morgan fingerprint density at radius 1 is 1.30 bits per heavy atom. The quantitative estimate of drug-likeness (QED) is 0.778. The lowest BCUT2D eigenvalue weighted by atomic mass is 10.1. The van der Waals surface area contributed by atoms with Crippen LogP contribution in [0.5, 0.6) is 0 Å². The zero-order valence-corrected chi connectivity index (χ0v) is 16.0. The smallest absolute Gasteiger partial charge is 0.253 e. The highest BCUT2D eigenvalue weighted by Gasteiger charge is 2.37. The van der Waals surface area contributed by atoms with E-state index in [0.717, 1.165) is 11.5 Å². The van der Waals surface area contributed by atoms with E-state index in [0.29, 0.717) is 31.6 Å². The van der Waals surface area contributed by atoms with Crippen molar-refractivity contribution in [1.29, 1.82) is 0 Å². The molecule has 2 N–H and O–H groups in total. The van der Waals surface area contributed by atoms with Crippen molar-refractivity contribution in [3.8, 4) is 0 Å². The van der Waals surface area contributed by atoms with Crippen LogP contribution in [0.3, 0.4) is 0 Å². The van der Waals surface area contributed by atoms with Crippen LogP contribution >= 0.6 is 0 Å². The Kier molecular flexibility index (Phi) is 5.85. The van der Waals surface area contributed by atoms with E-state index >= 15 is 0 Å². The first-order valence-electron chi connectivity index (χ1n) is 9.19. The number of nitrogens with one attached hydrogen (secondary N) is 2. The molecule has 0 aromatic carbocycles. The molecular formula is C19H26N6O2. The lowest BCUT2D eigenvalue weighted by Crippen LogP contribution is -2.43. The summed E-state index contributed by atoms with van der Waals surface area (Å²) < 4.78 is 1.94. The van der Waals surface area contributed by atoms with Crippen molar-refractivity contribution < 1.29 is 9.59 Å². The summed E-state index contributed by atoms with van der Waals surface area (Å²) in [5.74, 6) is 0.709. The van der Waals surface area contributed by atoms with Gasteiger partial charge in [0.25, 0.3) is 5.91 Å². The van der Waals surface area contributed by atoms with Crippen LogP contribution in [0.1, 0.15) is 35.2 Å². The minimum Gasteiger partial charge on any atom is -0.355 e. The van der Waals surface area contributed by atoms with Gasteiger partial charge in [0.15, 0.2) is 0 Å². The summed E-state index contributed by atoms with van der Waals surface area (Å²) in [7, 11) is 1.93. The number of pyridine rings is 1. The van der Waals surface area contributed by atoms with Gasteiger partial charge >= 0.3 is 0 Å². The first kappa shape index (κ1) is 19.0. The maximum Gasteiger partial charge on any atom is 0.253 e. The minimum absolute atomic E-state index is 0.0135. The summed E-state index contributed by atoms with van der Waals surface area (Å²) in [6, 6.07) is 3.18. The summed E-state index contributed by atoms with van der Waals surface area (Å²) in [4.78, 5) is 35.6. The van der Waals surface area contributed by atoms with Gasteiger partial charge in [-0.3, -0.25) is 19.5 Å². The number of rotatable bonds is 6. The van der Waals surface area contributed by atoms with E-state index in [1.165, 1.54) is 0 Å². The highest BCUT2D eigenvalue weighted by molar-refractivity contribution is 5.94. The standard InChI is InChI=1S/C19H26N6O2/c1-4-20-19(27)16-9-15(11-25(16)12-17-21-7-8-24(17)3)23-18(26)14-6-5-13(2)22-10-14/h5-8,10,15-16H,4,9,11-12H2,1-3H3,(H,20,27)(H,23,26)/t15-,16+/m1/s1. The molecule has 0 bridgehead atoms. The van der Waals surface area contributed by atoms with Crippen LogP contribution in [0.4, 0.5) is 0 Å². The van der Waals surface area contributed by atoms with E-state index in [2.05, 4.69) is 25.5 Å². The molecule has 1 saturated heterocycles. The van der Waals surface area contributed by atoms with Crippen LogP contribution in [-0.2, 0) is 18.4 Å². The minimum atomic E-state index is -0.289. The maximum absolute atomic E-state index is 12.5. The molecule has 0 unspecified atom stereocenters. The zero-order chi connectivity index (χ0) is 19.4. The van der Waals surface area contributed by atoms with Crippen molar-refractivity contribution in [2.75, 3.05) is 13.1 Å². The molecule has 2 aromatic rings. The molecule has 0 saturated carbocycles. The van der Waals surface area contributed by atoms with Crippen LogP contribution in [0.2, 0.25) is 0 Å². The van der Waals surface area contributed by atoms with Gasteiger partial charge in [0.05, 0.1) is 18.2 Å². The summed E-state index contributed by atoms with van der Waals surface area (Å²) in [5.41, 5.74) is 1.39. The van der Waals surface area contributed by atoms with Gasteiger partial charge in [-0.1, -0.05) is 0 Å². The fourth-order valence-electron chi connectivity index (χ4n) is 3.35. The number of imidazole rings is 1. The van der Waals surface area contributed by atoms with Crippen LogP contribution in [0.25, 0.3) is 0 Å². The number of hydrogen-bond donors (Lipinski definition) is 2. The van der Waals surface area contributed by atoms with Crippen molar-refractivity contribution >= 4 is 11.8 Å². The predicted octanol–water partition coefficient (Wildman–Crippen LogP) is 0.633. The molecule has 1 fully saturated rings. The number of carbonyl (C=O) groups is 2. The van der Waals surface area contributed by atoms with E-state index < -0.39 is 0 Å². The van der Waals surface area contributed by atoms with Crippen molar-refractivity contribution in [1.82, 2.24) is 30.1 Å². The molecule has 2 aromatic heterocycles. The van der Waals surface area contributed by atoms with Crippen LogP contribution in [0.15, 0.2) is 30.7 Å². The molecule has 3 heterocycles. The normalized spacial score (nSPS) is 19.8. The second-order valence-electron chi connectivity index (χ2n) is 6.89. The molecule has 1 aliphatic heterocycles. The Labute approximate surface area is 159 Å². The fourth-order valence-corrected chi connectivity index (χ4v) is 3.35. The lowest BCUT2D eigenvalue weighted by Gasteiger charge is -2.22. The number of nitrogens with zero attached hydrogens (tertiary/aromatic N) is 4. The number of hydrogen-bond acceptors (Lipinski definition) is 5. The first-order chi connectivity index (χ1) is 13.0. The average molecular weight is 370 g/mol. The monoisotopic (exact) mass is 370 g/mol. The van der Waals surface area contributed by atoms with Crippen LogP contribution in [0, 0.1) is 6.92 Å². The Hall–Kier alpha value is -2.74. The molecule has 144 valence electrons. The summed E-state index contributed by atoms with van der Waals surface area (Å²) in [6.45, 7) is 5.52. The van der Waals surface area contributed by atoms with Gasteiger partial charge in [0.1, 0.15) is 5.82 Å². The zero-order valence-electron chi connectivity index (χ0n) is 16.0. The third kappa shape index (κ3) is 4.51. The fraction of sp³-hybridized carbons (Fsp3) is 0.474. The van der Waals surface area contributed by atoms with Crippen molar-refractivity contribution in [3.05, 3.63) is 47.8 Å². The van der Waals surface area contributed by atoms with Gasteiger partial charge < -0.3 is 15.2 Å². The number of aromatic nitrogens is 3. The Morgan fingerprint density at radius 2 is 2.11 bits per heavy atom. The Bertz CT molecular complexity index is 801. The summed E-state index contributed by atoms with van der Waals surface area (Å²) in [5, 5.41) is 5.93. The second-order valence-corrected chi connectivity index (χ2v) is 6.89. The summed E-state index contributed by atoms with van der Waals surface area (Å²) >= 11 is 0. The van der Waals surface area contributed by atoms with E-state index in [4.69, 9.17) is 0 Å². The number of aryl methyl sites for hydroxylation is 2. The highest BCUT2D eigenvalue weighted by atomic mass is 16.2. The Morgan fingerprint density at radius 3 is 2.74 bits per heavy atom. The third-order valence-corrected chi connectivity index (χ3v) is 4.83. The van der Waals surface area contributed by atoms with Crippen molar-refractivity contribution in [2.24, 2.45) is 7.05 Å². The molecule has 0 radical (unpaired) electrons. The Balaban J connectivity index is 1.69. The van der Waals surface area contributed by atoms with Gasteiger partial charge in [-0.05, 0) is 32.4 Å². The second kappa shape index (κ2) is 8.30. The molecule has 8 nitrogen and oxygen atoms in total. The molecule has 1 aliphatic rings. The number of carbonyl (C=O) groups excluding carboxylic acids is 2. The number of likely N-dealkylation sites (tertiary alicyclic amines) is 1. The molecule has 0 spiro atoms. The van der Waals surface area contributed by atoms with E-state index in [9.17, 15) is 9.59 Å². The number of amides is 2. The van der Waals surface area contributed by atoms with Gasteiger partial charge in [-0.2, -0.15) is 0 Å². The topological polar surface area (TPSA) is 92.2 Å². The predicted molar refractivity (Wildman–Crippen MR) is 101 cm³/mol. The molecule has 0 aliphatic carbocycles. The molecule has 8 heteroatoms. The van der Waals surface area contributed by atoms with Crippen LogP contribution < -0.4 is 10.6 Å². The summed E-state index contributed by atoms with van der Waals surface area (Å²) in [6.07, 6.45) is 5.78. The van der Waals surface area contributed by atoms with Crippen molar-refractivity contribution in [3.63, 3.8) is 0 Å². The van der Waals surface area contributed by atoms with E-state index in [1.807, 2.05) is 37.7 Å². The lowest BCUT2D eigenvalue weighted by molar-refractivity contribution is -0.125. The largest absolute Gasteiger partial charge is 0.355 e. The maximum atomic E-state index is 12.5. The van der Waals surface area contributed by atoms with Crippen LogP contribution in [-0.4, -0.2) is 56.4 Å². The van der Waals surface area contributed by atoms with Gasteiger partial charge in [0.2, 0.25) is 5.91 Å². The van der Waals surface area contributed by atoms with Gasteiger partial charge in [-0.15, -0.1) is 0 Å². The first-order valence-corrected chi connectivity index (χ1v) is 9.19. The van der Waals surface area contributed by atoms with Gasteiger partial charge in [-0.25, -0.2) is 4.98 Å². The average Bonchev–Trinajstić information content (AvgIpc) is 3.22. The van der Waals surface area contributed by atoms with Crippen molar-refractivity contribution in [2.45, 2.75) is 38.9 Å². The molecule has 27 heavy (non-hydrogen) atoms. The number of likely N-dealkylation sites (N-methyl/N-ethyl adjacent to an activating group) is 1. The molecule has 2 amide bonds. The van der Waals surface area contributed by atoms with Gasteiger partial charge in [0, 0.05) is 50.5 Å². The van der Waals surface area contributed by atoms with E-state index in [1.54, 1.807) is 18.5 Å². The van der Waals surface area contributed by atoms with E-state index in [-0.39, 0.29) is 23.9 Å². The molecule has 2 atom stereocenters. The third-order valence-electron chi connectivity index (χ3n) is 4.83. The molecular weight excluding hydrogens is 344 g/mol. The SMILES string of the molecule is CCNC(=O)[C@@H]1C[C@@H](NC(=O)c2ccc(C)nc2)CN1Cc1nccn1C. The highest BCUT2D eigenvalue weighted by Crippen LogP contribution is 2.21. The molecule has 3 rings (SSSR count).